The zero-order chi connectivity index (χ0) is 17.1. The van der Waals surface area contributed by atoms with Gasteiger partial charge in [-0.05, 0) is 44.9 Å². The van der Waals surface area contributed by atoms with Crippen molar-refractivity contribution < 1.29 is 8.42 Å². The van der Waals surface area contributed by atoms with Crippen molar-refractivity contribution in [3.8, 4) is 5.13 Å². The van der Waals surface area contributed by atoms with E-state index < -0.39 is 10.0 Å². The Bertz CT molecular complexity index is 1110. The highest BCUT2D eigenvalue weighted by Crippen LogP contribution is 2.36. The molecule has 0 radical (unpaired) electrons. The molecule has 8 nitrogen and oxygen atoms in total. The molecule has 1 aliphatic carbocycles. The summed E-state index contributed by atoms with van der Waals surface area (Å²) in [6.45, 7) is 3.66. The minimum Gasteiger partial charge on any atom is -0.305 e. The van der Waals surface area contributed by atoms with Crippen molar-refractivity contribution in [1.82, 2.24) is 24.5 Å². The van der Waals surface area contributed by atoms with E-state index in [1.807, 2.05) is 6.92 Å². The van der Waals surface area contributed by atoms with E-state index >= 15 is 0 Å². The summed E-state index contributed by atoms with van der Waals surface area (Å²) in [5.74, 6) is 0. The van der Waals surface area contributed by atoms with E-state index in [9.17, 15) is 13.2 Å². The molecule has 2 N–H and O–H groups in total. The fourth-order valence-corrected chi connectivity index (χ4v) is 4.67. The molecular formula is C14H15N5O3S2. The maximum Gasteiger partial charge on any atom is 0.332 e. The summed E-state index contributed by atoms with van der Waals surface area (Å²) in [5.41, 5.74) is 0.268. The maximum absolute atomic E-state index is 12.6. The standard InChI is InChI=1S/C14H15N5O3S2/c1-8-16-17-13(23-8)19-11-7-9(3-4-10(11)15-12(19)20)24(21,22)18-14(2)5-6-14/h3-4,7,18H,5-6H2,1-2H3,(H,15,20). The number of fused-ring (bicyclic) bond motifs is 1. The Kier molecular flexibility index (Phi) is 3.21. The lowest BCUT2D eigenvalue weighted by Crippen LogP contribution is -2.34. The third-order valence-corrected chi connectivity index (χ3v) is 6.51. The van der Waals surface area contributed by atoms with Crippen LogP contribution in [0.5, 0.6) is 0 Å². The quantitative estimate of drug-likeness (QED) is 0.724. The van der Waals surface area contributed by atoms with Crippen LogP contribution in [0.25, 0.3) is 16.2 Å². The van der Waals surface area contributed by atoms with Gasteiger partial charge in [0.15, 0.2) is 0 Å². The molecule has 1 aliphatic rings. The minimum atomic E-state index is -3.64. The topological polar surface area (TPSA) is 110 Å². The molecule has 4 rings (SSSR count). The molecule has 0 saturated heterocycles. The van der Waals surface area contributed by atoms with Crippen LogP contribution in [0.15, 0.2) is 27.9 Å². The molecule has 0 atom stereocenters. The van der Waals surface area contributed by atoms with Crippen molar-refractivity contribution in [3.05, 3.63) is 33.7 Å². The molecule has 10 heteroatoms. The monoisotopic (exact) mass is 365 g/mol. The van der Waals surface area contributed by atoms with Gasteiger partial charge in [0, 0.05) is 5.54 Å². The molecule has 1 aromatic carbocycles. The average molecular weight is 365 g/mol. The summed E-state index contributed by atoms with van der Waals surface area (Å²) in [5, 5.41) is 9.01. The van der Waals surface area contributed by atoms with Crippen LogP contribution in [0.3, 0.4) is 0 Å². The Labute approximate surface area is 141 Å². The van der Waals surface area contributed by atoms with Gasteiger partial charge in [-0.3, -0.25) is 0 Å². The number of nitrogens with one attached hydrogen (secondary N) is 2. The smallest absolute Gasteiger partial charge is 0.305 e. The molecule has 1 saturated carbocycles. The van der Waals surface area contributed by atoms with Gasteiger partial charge in [0.2, 0.25) is 15.2 Å². The Hall–Kier alpha value is -2.04. The molecule has 0 aliphatic heterocycles. The number of imidazole rings is 1. The fraction of sp³-hybridized carbons (Fsp3) is 0.357. The molecule has 24 heavy (non-hydrogen) atoms. The number of nitrogens with zero attached hydrogens (tertiary/aromatic N) is 3. The molecule has 3 aromatic rings. The molecule has 1 fully saturated rings. The van der Waals surface area contributed by atoms with Crippen LogP contribution in [0.1, 0.15) is 24.8 Å². The molecular weight excluding hydrogens is 350 g/mol. The summed E-state index contributed by atoms with van der Waals surface area (Å²) in [6.07, 6.45) is 1.65. The van der Waals surface area contributed by atoms with Crippen LogP contribution in [-0.4, -0.2) is 33.7 Å². The van der Waals surface area contributed by atoms with E-state index in [0.29, 0.717) is 16.2 Å². The molecule has 0 bridgehead atoms. The number of H-pyrrole nitrogens is 1. The van der Waals surface area contributed by atoms with Gasteiger partial charge >= 0.3 is 5.69 Å². The van der Waals surface area contributed by atoms with Crippen LogP contribution in [0.2, 0.25) is 0 Å². The summed E-state index contributed by atoms with van der Waals surface area (Å²) >= 11 is 1.26. The van der Waals surface area contributed by atoms with E-state index in [-0.39, 0.29) is 16.1 Å². The Morgan fingerprint density at radius 3 is 2.71 bits per heavy atom. The number of aromatic amines is 1. The highest BCUT2D eigenvalue weighted by atomic mass is 32.2. The second kappa shape index (κ2) is 4.98. The zero-order valence-electron chi connectivity index (χ0n) is 13.0. The van der Waals surface area contributed by atoms with Crippen LogP contribution >= 0.6 is 11.3 Å². The molecule has 0 amide bonds. The van der Waals surface area contributed by atoms with Gasteiger partial charge in [-0.25, -0.2) is 22.5 Å². The van der Waals surface area contributed by atoms with Gasteiger partial charge in [-0.1, -0.05) is 11.3 Å². The Morgan fingerprint density at radius 2 is 2.08 bits per heavy atom. The van der Waals surface area contributed by atoms with E-state index in [2.05, 4.69) is 19.9 Å². The van der Waals surface area contributed by atoms with Gasteiger partial charge in [0.1, 0.15) is 5.01 Å². The van der Waals surface area contributed by atoms with E-state index in [1.54, 1.807) is 13.0 Å². The fourth-order valence-electron chi connectivity index (χ4n) is 2.49. The van der Waals surface area contributed by atoms with Gasteiger partial charge < -0.3 is 4.98 Å². The number of hydrogen-bond acceptors (Lipinski definition) is 6. The van der Waals surface area contributed by atoms with Crippen molar-refractivity contribution in [2.75, 3.05) is 0 Å². The number of benzene rings is 1. The predicted molar refractivity (Wildman–Crippen MR) is 90.1 cm³/mol. The summed E-state index contributed by atoms with van der Waals surface area (Å²) in [7, 11) is -3.64. The lowest BCUT2D eigenvalue weighted by Gasteiger charge is -2.12. The number of rotatable bonds is 4. The number of sulfonamides is 1. The van der Waals surface area contributed by atoms with Gasteiger partial charge in [-0.2, -0.15) is 0 Å². The number of hydrogen-bond donors (Lipinski definition) is 2. The van der Waals surface area contributed by atoms with Crippen LogP contribution in [-0.2, 0) is 10.0 Å². The Morgan fingerprint density at radius 1 is 1.33 bits per heavy atom. The van der Waals surface area contributed by atoms with Crippen molar-refractivity contribution in [2.24, 2.45) is 0 Å². The zero-order valence-corrected chi connectivity index (χ0v) is 14.7. The lowest BCUT2D eigenvalue weighted by atomic mass is 10.3. The molecule has 2 aromatic heterocycles. The van der Waals surface area contributed by atoms with Crippen LogP contribution < -0.4 is 10.4 Å². The Balaban J connectivity index is 1.87. The highest BCUT2D eigenvalue weighted by molar-refractivity contribution is 7.89. The van der Waals surface area contributed by atoms with Crippen LogP contribution in [0.4, 0.5) is 0 Å². The van der Waals surface area contributed by atoms with Crippen molar-refractivity contribution >= 4 is 32.4 Å². The predicted octanol–water partition coefficient (Wildman–Crippen LogP) is 1.31. The summed E-state index contributed by atoms with van der Waals surface area (Å²) in [6, 6.07) is 4.56. The molecule has 126 valence electrons. The minimum absolute atomic E-state index is 0.122. The normalized spacial score (nSPS) is 16.6. The molecule has 0 unspecified atom stereocenters. The second-order valence-electron chi connectivity index (χ2n) is 6.21. The van der Waals surface area contributed by atoms with Crippen molar-refractivity contribution in [2.45, 2.75) is 37.1 Å². The number of aromatic nitrogens is 4. The largest absolute Gasteiger partial charge is 0.332 e. The summed E-state index contributed by atoms with van der Waals surface area (Å²) in [4.78, 5) is 15.1. The van der Waals surface area contributed by atoms with Crippen LogP contribution in [0, 0.1) is 6.92 Å². The summed E-state index contributed by atoms with van der Waals surface area (Å²) < 4.78 is 29.2. The van der Waals surface area contributed by atoms with E-state index in [1.165, 1.54) is 28.0 Å². The van der Waals surface area contributed by atoms with E-state index in [4.69, 9.17) is 0 Å². The average Bonchev–Trinajstić information content (AvgIpc) is 2.92. The molecule has 2 heterocycles. The first kappa shape index (κ1) is 15.5. The van der Waals surface area contributed by atoms with Gasteiger partial charge in [-0.15, -0.1) is 10.2 Å². The molecule has 0 spiro atoms. The third-order valence-electron chi connectivity index (χ3n) is 4.05. The maximum atomic E-state index is 12.6. The highest BCUT2D eigenvalue weighted by Gasteiger charge is 2.41. The van der Waals surface area contributed by atoms with Crippen molar-refractivity contribution in [3.63, 3.8) is 0 Å². The first-order chi connectivity index (χ1) is 11.3. The second-order valence-corrected chi connectivity index (χ2v) is 9.06. The lowest BCUT2D eigenvalue weighted by molar-refractivity contribution is 0.558. The first-order valence-corrected chi connectivity index (χ1v) is 9.67. The van der Waals surface area contributed by atoms with Gasteiger partial charge in [0.25, 0.3) is 0 Å². The third kappa shape index (κ3) is 2.56. The van der Waals surface area contributed by atoms with Gasteiger partial charge in [0.05, 0.1) is 15.9 Å². The first-order valence-electron chi connectivity index (χ1n) is 7.37. The van der Waals surface area contributed by atoms with E-state index in [0.717, 1.165) is 17.8 Å². The SMILES string of the molecule is Cc1nnc(-n2c(=O)[nH]c3ccc(S(=O)(=O)NC4(C)CC4)cc32)s1. The van der Waals surface area contributed by atoms with Crippen molar-refractivity contribution in [1.29, 1.82) is 0 Å². The number of aryl methyl sites for hydroxylation is 1.